The van der Waals surface area contributed by atoms with Crippen LogP contribution in [0.4, 0.5) is 10.5 Å². The minimum Gasteiger partial charge on any atom is -0.493 e. The van der Waals surface area contributed by atoms with Gasteiger partial charge in [0.25, 0.3) is 0 Å². The second-order valence-electron chi connectivity index (χ2n) is 7.69. The number of benzene rings is 1. The zero-order valence-electron chi connectivity index (χ0n) is 16.0. The number of ether oxygens (including phenoxy) is 1. The van der Waals surface area contributed by atoms with Crippen LogP contribution in [-0.4, -0.2) is 50.3 Å². The van der Waals surface area contributed by atoms with Crippen molar-refractivity contribution in [2.24, 2.45) is 5.92 Å². The molecule has 2 amide bonds. The third kappa shape index (κ3) is 5.84. The predicted octanol–water partition coefficient (Wildman–Crippen LogP) is 2.80. The van der Waals surface area contributed by atoms with Crippen LogP contribution in [0.2, 0.25) is 0 Å². The molecule has 1 heterocycles. The van der Waals surface area contributed by atoms with Crippen LogP contribution < -0.4 is 14.8 Å². The van der Waals surface area contributed by atoms with Crippen LogP contribution in [0.5, 0.6) is 5.75 Å². The van der Waals surface area contributed by atoms with Crippen molar-refractivity contribution in [3.05, 3.63) is 24.3 Å². The SMILES string of the molecule is CC(C)S(=O)(=O)NC1CCN(C(=O)Nc2cccc(OCC3CC3)c2)CC1. The Morgan fingerprint density at radius 1 is 1.22 bits per heavy atom. The average Bonchev–Trinajstić information content (AvgIpc) is 3.45. The summed E-state index contributed by atoms with van der Waals surface area (Å²) in [6, 6.07) is 7.16. The molecule has 1 saturated heterocycles. The number of sulfonamides is 1. The number of hydrogen-bond donors (Lipinski definition) is 2. The van der Waals surface area contributed by atoms with Gasteiger partial charge >= 0.3 is 6.03 Å². The number of likely N-dealkylation sites (tertiary alicyclic amines) is 1. The summed E-state index contributed by atoms with van der Waals surface area (Å²) in [5.41, 5.74) is 0.705. The summed E-state index contributed by atoms with van der Waals surface area (Å²) < 4.78 is 32.4. The zero-order chi connectivity index (χ0) is 19.4. The summed E-state index contributed by atoms with van der Waals surface area (Å²) in [6.07, 6.45) is 3.70. The Kier molecular flexibility index (Phi) is 6.26. The molecule has 2 N–H and O–H groups in total. The fraction of sp³-hybridized carbons (Fsp3) is 0.632. The third-order valence-electron chi connectivity index (χ3n) is 5.00. The number of hydrogen-bond acceptors (Lipinski definition) is 4. The third-order valence-corrected chi connectivity index (χ3v) is 6.90. The monoisotopic (exact) mass is 395 g/mol. The highest BCUT2D eigenvalue weighted by Crippen LogP contribution is 2.30. The Bertz CT molecular complexity index is 754. The first-order valence-electron chi connectivity index (χ1n) is 9.63. The van der Waals surface area contributed by atoms with Gasteiger partial charge in [0.1, 0.15) is 5.75 Å². The molecule has 2 aliphatic rings. The Hall–Kier alpha value is -1.80. The average molecular weight is 396 g/mol. The smallest absolute Gasteiger partial charge is 0.321 e. The van der Waals surface area contributed by atoms with E-state index >= 15 is 0 Å². The molecule has 0 bridgehead atoms. The van der Waals surface area contributed by atoms with Crippen LogP contribution >= 0.6 is 0 Å². The Morgan fingerprint density at radius 3 is 2.56 bits per heavy atom. The van der Waals surface area contributed by atoms with Crippen molar-refractivity contribution in [1.29, 1.82) is 0 Å². The topological polar surface area (TPSA) is 87.7 Å². The number of amides is 2. The molecule has 0 aromatic heterocycles. The van der Waals surface area contributed by atoms with Gasteiger partial charge in [0.15, 0.2) is 0 Å². The quantitative estimate of drug-likeness (QED) is 0.743. The van der Waals surface area contributed by atoms with Gasteiger partial charge in [0.2, 0.25) is 10.0 Å². The lowest BCUT2D eigenvalue weighted by Gasteiger charge is -2.32. The van der Waals surface area contributed by atoms with Crippen LogP contribution in [0.1, 0.15) is 39.5 Å². The highest BCUT2D eigenvalue weighted by molar-refractivity contribution is 7.90. The van der Waals surface area contributed by atoms with Gasteiger partial charge in [-0.2, -0.15) is 0 Å². The number of anilines is 1. The van der Waals surface area contributed by atoms with Crippen LogP contribution in [0.15, 0.2) is 24.3 Å². The Labute approximate surface area is 161 Å². The highest BCUT2D eigenvalue weighted by Gasteiger charge is 2.27. The molecule has 27 heavy (non-hydrogen) atoms. The van der Waals surface area contributed by atoms with Crippen LogP contribution in [-0.2, 0) is 10.0 Å². The number of carbonyl (C=O) groups is 1. The second-order valence-corrected chi connectivity index (χ2v) is 9.95. The minimum absolute atomic E-state index is 0.111. The fourth-order valence-corrected chi connectivity index (χ4v) is 3.91. The molecule has 1 aliphatic heterocycles. The molecule has 7 nitrogen and oxygen atoms in total. The van der Waals surface area contributed by atoms with Crippen molar-refractivity contribution in [2.75, 3.05) is 25.0 Å². The van der Waals surface area contributed by atoms with E-state index in [9.17, 15) is 13.2 Å². The molecule has 2 fully saturated rings. The van der Waals surface area contributed by atoms with Crippen molar-refractivity contribution in [3.8, 4) is 5.75 Å². The van der Waals surface area contributed by atoms with Crippen LogP contribution in [0, 0.1) is 5.92 Å². The lowest BCUT2D eigenvalue weighted by atomic mass is 10.1. The van der Waals surface area contributed by atoms with Crippen molar-refractivity contribution in [1.82, 2.24) is 9.62 Å². The second kappa shape index (κ2) is 8.48. The summed E-state index contributed by atoms with van der Waals surface area (Å²) in [4.78, 5) is 14.2. The first-order chi connectivity index (χ1) is 12.8. The zero-order valence-corrected chi connectivity index (χ0v) is 16.8. The number of nitrogens with zero attached hydrogens (tertiary/aromatic N) is 1. The van der Waals surface area contributed by atoms with Gasteiger partial charge in [-0.05, 0) is 57.6 Å². The van der Waals surface area contributed by atoms with E-state index in [1.54, 1.807) is 18.7 Å². The van der Waals surface area contributed by atoms with Crippen molar-refractivity contribution >= 4 is 21.7 Å². The largest absolute Gasteiger partial charge is 0.493 e. The van der Waals surface area contributed by atoms with E-state index < -0.39 is 15.3 Å². The molecular weight excluding hydrogens is 366 g/mol. The standard InChI is InChI=1S/C19H29N3O4S/c1-14(2)27(24,25)21-16-8-10-22(11-9-16)19(23)20-17-4-3-5-18(12-17)26-13-15-6-7-15/h3-5,12,14-16,21H,6-11,13H2,1-2H3,(H,20,23). The molecule has 1 aliphatic carbocycles. The maximum absolute atomic E-state index is 12.5. The lowest BCUT2D eigenvalue weighted by molar-refractivity contribution is 0.193. The van der Waals surface area contributed by atoms with Gasteiger partial charge < -0.3 is 15.0 Å². The molecule has 150 valence electrons. The molecule has 0 unspecified atom stereocenters. The van der Waals surface area contributed by atoms with E-state index in [0.717, 1.165) is 12.4 Å². The number of piperidine rings is 1. The highest BCUT2D eigenvalue weighted by atomic mass is 32.2. The molecule has 1 aromatic carbocycles. The van der Waals surface area contributed by atoms with E-state index in [1.165, 1.54) is 12.8 Å². The number of nitrogens with one attached hydrogen (secondary N) is 2. The number of urea groups is 1. The first-order valence-corrected chi connectivity index (χ1v) is 11.2. The summed E-state index contributed by atoms with van der Waals surface area (Å²) in [6.45, 7) is 5.10. The Balaban J connectivity index is 1.47. The van der Waals surface area contributed by atoms with Gasteiger partial charge in [-0.15, -0.1) is 0 Å². The van der Waals surface area contributed by atoms with Crippen molar-refractivity contribution in [3.63, 3.8) is 0 Å². The van der Waals surface area contributed by atoms with E-state index in [2.05, 4.69) is 10.0 Å². The van der Waals surface area contributed by atoms with E-state index in [4.69, 9.17) is 4.74 Å². The van der Waals surface area contributed by atoms with E-state index in [0.29, 0.717) is 37.5 Å². The maximum atomic E-state index is 12.5. The maximum Gasteiger partial charge on any atom is 0.321 e. The van der Waals surface area contributed by atoms with Crippen LogP contribution in [0.25, 0.3) is 0 Å². The normalized spacial score (nSPS) is 18.6. The molecule has 0 radical (unpaired) electrons. The number of carbonyl (C=O) groups excluding carboxylic acids is 1. The molecule has 1 aromatic rings. The van der Waals surface area contributed by atoms with Gasteiger partial charge in [0.05, 0.1) is 11.9 Å². The molecule has 1 saturated carbocycles. The first kappa shape index (κ1) is 19.9. The van der Waals surface area contributed by atoms with E-state index in [-0.39, 0.29) is 12.1 Å². The summed E-state index contributed by atoms with van der Waals surface area (Å²) in [5.74, 6) is 1.44. The van der Waals surface area contributed by atoms with Gasteiger partial charge in [-0.1, -0.05) is 6.07 Å². The lowest BCUT2D eigenvalue weighted by Crippen LogP contribution is -2.48. The summed E-state index contributed by atoms with van der Waals surface area (Å²) in [5, 5.41) is 2.45. The predicted molar refractivity (Wildman–Crippen MR) is 105 cm³/mol. The fourth-order valence-electron chi connectivity index (χ4n) is 2.93. The van der Waals surface area contributed by atoms with Crippen LogP contribution in [0.3, 0.4) is 0 Å². The van der Waals surface area contributed by atoms with Crippen molar-refractivity contribution < 1.29 is 17.9 Å². The molecule has 0 atom stereocenters. The molecular formula is C19H29N3O4S. The minimum atomic E-state index is -3.28. The molecule has 8 heteroatoms. The van der Waals surface area contributed by atoms with E-state index in [1.807, 2.05) is 24.3 Å². The number of rotatable bonds is 7. The summed E-state index contributed by atoms with van der Waals surface area (Å²) >= 11 is 0. The van der Waals surface area contributed by atoms with Gasteiger partial charge in [-0.25, -0.2) is 17.9 Å². The van der Waals surface area contributed by atoms with Gasteiger partial charge in [-0.3, -0.25) is 0 Å². The summed E-state index contributed by atoms with van der Waals surface area (Å²) in [7, 11) is -3.28. The Morgan fingerprint density at radius 2 is 1.93 bits per heavy atom. The van der Waals surface area contributed by atoms with Gasteiger partial charge in [0, 0.05) is 30.9 Å². The molecule has 0 spiro atoms. The molecule has 3 rings (SSSR count). The van der Waals surface area contributed by atoms with Crippen molar-refractivity contribution in [2.45, 2.75) is 50.8 Å².